The molecular weight excluding hydrogens is 414 g/mol. The highest BCUT2D eigenvalue weighted by molar-refractivity contribution is 9.10. The molecule has 2 aromatic carbocycles. The number of aromatic nitrogens is 1. The maximum absolute atomic E-state index is 12.0. The van der Waals surface area contributed by atoms with E-state index in [-0.39, 0.29) is 18.3 Å². The van der Waals surface area contributed by atoms with Crippen LogP contribution in [0.2, 0.25) is 0 Å². The summed E-state index contributed by atoms with van der Waals surface area (Å²) in [6, 6.07) is 15.6. The summed E-state index contributed by atoms with van der Waals surface area (Å²) in [4.78, 5) is 17.5. The minimum absolute atomic E-state index is 0.112. The van der Waals surface area contributed by atoms with Gasteiger partial charge in [-0.1, -0.05) is 34.1 Å². The minimum Gasteiger partial charge on any atom is -0.458 e. The number of carbonyl (C=O) groups is 1. The van der Waals surface area contributed by atoms with Gasteiger partial charge in [0.15, 0.2) is 0 Å². The molecule has 0 aliphatic heterocycles. The van der Waals surface area contributed by atoms with E-state index in [1.807, 2.05) is 62.4 Å². The second-order valence-corrected chi connectivity index (χ2v) is 7.68. The van der Waals surface area contributed by atoms with Crippen molar-refractivity contribution in [1.82, 2.24) is 4.98 Å². The molecule has 0 spiro atoms. The molecule has 26 heavy (non-hydrogen) atoms. The van der Waals surface area contributed by atoms with Gasteiger partial charge in [0, 0.05) is 14.9 Å². The Labute approximate surface area is 165 Å². The van der Waals surface area contributed by atoms with E-state index in [2.05, 4.69) is 20.9 Å². The third kappa shape index (κ3) is 4.77. The lowest BCUT2D eigenvalue weighted by Gasteiger charge is -2.06. The number of carbonyl (C=O) groups excluding carboxylic acids is 1. The van der Waals surface area contributed by atoms with Crippen molar-refractivity contribution in [3.8, 4) is 11.5 Å². The first-order valence-electron chi connectivity index (χ1n) is 8.09. The molecular formula is C20H18BrNO3S. The maximum atomic E-state index is 12.0. The van der Waals surface area contributed by atoms with Crippen LogP contribution in [0.15, 0.2) is 62.3 Å². The van der Waals surface area contributed by atoms with Crippen LogP contribution in [-0.4, -0.2) is 16.7 Å². The number of nitrogens with zero attached hydrogens (tertiary/aromatic N) is 1. The standard InChI is InChI=1S/C20H18BrNO3S/c1-13-10-16(21)8-9-18(13)26-12-19(23)24-11-17-14(2)25-20(22-17)15-6-4-3-5-7-15/h3-10H,11-12H2,1-2H3. The second-order valence-electron chi connectivity index (χ2n) is 5.75. The van der Waals surface area contributed by atoms with Crippen molar-refractivity contribution < 1.29 is 13.9 Å². The van der Waals surface area contributed by atoms with Crippen LogP contribution in [0.3, 0.4) is 0 Å². The molecule has 0 unspecified atom stereocenters. The molecule has 134 valence electrons. The molecule has 0 fully saturated rings. The van der Waals surface area contributed by atoms with Gasteiger partial charge in [-0.3, -0.25) is 4.79 Å². The SMILES string of the molecule is Cc1cc(Br)ccc1SCC(=O)OCc1nc(-c2ccccc2)oc1C. The molecule has 6 heteroatoms. The number of thioether (sulfide) groups is 1. The Kier molecular flexibility index (Phi) is 6.16. The number of benzene rings is 2. The van der Waals surface area contributed by atoms with Gasteiger partial charge >= 0.3 is 5.97 Å². The van der Waals surface area contributed by atoms with Crippen molar-refractivity contribution in [3.05, 3.63) is 70.0 Å². The van der Waals surface area contributed by atoms with Gasteiger partial charge in [0.25, 0.3) is 0 Å². The van der Waals surface area contributed by atoms with E-state index in [1.165, 1.54) is 11.8 Å². The molecule has 0 aliphatic rings. The summed E-state index contributed by atoms with van der Waals surface area (Å²) in [7, 11) is 0. The summed E-state index contributed by atoms with van der Waals surface area (Å²) in [5.41, 5.74) is 2.66. The first-order valence-corrected chi connectivity index (χ1v) is 9.87. The zero-order chi connectivity index (χ0) is 18.5. The van der Waals surface area contributed by atoms with Crippen molar-refractivity contribution >= 4 is 33.7 Å². The number of ether oxygens (including phenoxy) is 1. The normalized spacial score (nSPS) is 10.7. The zero-order valence-electron chi connectivity index (χ0n) is 14.5. The van der Waals surface area contributed by atoms with Gasteiger partial charge in [0.1, 0.15) is 18.1 Å². The second kappa shape index (κ2) is 8.56. The predicted molar refractivity (Wildman–Crippen MR) is 106 cm³/mol. The molecule has 0 N–H and O–H groups in total. The number of rotatable bonds is 6. The Hall–Kier alpha value is -2.05. The van der Waals surface area contributed by atoms with Crippen molar-refractivity contribution in [2.24, 2.45) is 0 Å². The molecule has 0 radical (unpaired) electrons. The summed E-state index contributed by atoms with van der Waals surface area (Å²) >= 11 is 4.90. The topological polar surface area (TPSA) is 52.3 Å². The maximum Gasteiger partial charge on any atom is 0.316 e. The molecule has 0 aliphatic carbocycles. The van der Waals surface area contributed by atoms with Crippen molar-refractivity contribution in [3.63, 3.8) is 0 Å². The number of hydrogen-bond donors (Lipinski definition) is 0. The molecule has 0 bridgehead atoms. The van der Waals surface area contributed by atoms with E-state index in [0.717, 1.165) is 20.5 Å². The van der Waals surface area contributed by atoms with Crippen LogP contribution in [0.4, 0.5) is 0 Å². The lowest BCUT2D eigenvalue weighted by molar-refractivity contribution is -0.141. The number of halogens is 1. The van der Waals surface area contributed by atoms with Crippen LogP contribution < -0.4 is 0 Å². The summed E-state index contributed by atoms with van der Waals surface area (Å²) in [6.45, 7) is 3.95. The van der Waals surface area contributed by atoms with Crippen molar-refractivity contribution in [2.45, 2.75) is 25.3 Å². The Balaban J connectivity index is 1.55. The summed E-state index contributed by atoms with van der Waals surface area (Å²) in [5.74, 6) is 1.17. The van der Waals surface area contributed by atoms with Crippen LogP contribution >= 0.6 is 27.7 Å². The van der Waals surface area contributed by atoms with E-state index in [9.17, 15) is 4.79 Å². The highest BCUT2D eigenvalue weighted by atomic mass is 79.9. The quantitative estimate of drug-likeness (QED) is 0.377. The molecule has 0 atom stereocenters. The fourth-order valence-electron chi connectivity index (χ4n) is 2.37. The number of oxazole rings is 1. The van der Waals surface area contributed by atoms with Crippen LogP contribution in [0, 0.1) is 13.8 Å². The van der Waals surface area contributed by atoms with Gasteiger partial charge in [0.2, 0.25) is 5.89 Å². The highest BCUT2D eigenvalue weighted by Crippen LogP contribution is 2.26. The molecule has 0 saturated carbocycles. The summed E-state index contributed by atoms with van der Waals surface area (Å²) < 4.78 is 12.1. The fraction of sp³-hybridized carbons (Fsp3) is 0.200. The average molecular weight is 432 g/mol. The molecule has 3 rings (SSSR count). The average Bonchev–Trinajstić information content (AvgIpc) is 3.01. The lowest BCUT2D eigenvalue weighted by atomic mass is 10.2. The van der Waals surface area contributed by atoms with Gasteiger partial charge in [-0.25, -0.2) is 4.98 Å². The van der Waals surface area contributed by atoms with Crippen LogP contribution in [-0.2, 0) is 16.1 Å². The summed E-state index contributed by atoms with van der Waals surface area (Å²) in [6.07, 6.45) is 0. The van der Waals surface area contributed by atoms with Gasteiger partial charge in [-0.2, -0.15) is 0 Å². The number of hydrogen-bond acceptors (Lipinski definition) is 5. The van der Waals surface area contributed by atoms with E-state index >= 15 is 0 Å². The molecule has 4 nitrogen and oxygen atoms in total. The molecule has 0 amide bonds. The predicted octanol–water partition coefficient (Wildman–Crippen LogP) is 5.56. The van der Waals surface area contributed by atoms with Crippen LogP contribution in [0.5, 0.6) is 0 Å². The van der Waals surface area contributed by atoms with Crippen LogP contribution in [0.1, 0.15) is 17.0 Å². The first kappa shape index (κ1) is 18.7. The van der Waals surface area contributed by atoms with E-state index in [4.69, 9.17) is 9.15 Å². The van der Waals surface area contributed by atoms with Crippen LogP contribution in [0.25, 0.3) is 11.5 Å². The number of esters is 1. The fourth-order valence-corrected chi connectivity index (χ4v) is 3.65. The smallest absolute Gasteiger partial charge is 0.316 e. The van der Waals surface area contributed by atoms with Gasteiger partial charge in [-0.15, -0.1) is 11.8 Å². The lowest BCUT2D eigenvalue weighted by Crippen LogP contribution is -2.08. The Morgan fingerprint density at radius 3 is 2.69 bits per heavy atom. The summed E-state index contributed by atoms with van der Waals surface area (Å²) in [5, 5.41) is 0. The van der Waals surface area contributed by atoms with E-state index < -0.39 is 0 Å². The molecule has 3 aromatic rings. The minimum atomic E-state index is -0.277. The molecule has 0 saturated heterocycles. The van der Waals surface area contributed by atoms with Crippen molar-refractivity contribution in [1.29, 1.82) is 0 Å². The largest absolute Gasteiger partial charge is 0.458 e. The number of aryl methyl sites for hydroxylation is 2. The Morgan fingerprint density at radius 2 is 1.96 bits per heavy atom. The third-order valence-corrected chi connectivity index (χ3v) is 5.41. The van der Waals surface area contributed by atoms with E-state index in [1.54, 1.807) is 0 Å². The first-order chi connectivity index (χ1) is 12.5. The van der Waals surface area contributed by atoms with Gasteiger partial charge < -0.3 is 9.15 Å². The van der Waals surface area contributed by atoms with Crippen molar-refractivity contribution in [2.75, 3.05) is 5.75 Å². The third-order valence-electron chi connectivity index (χ3n) is 3.77. The molecule has 1 heterocycles. The monoisotopic (exact) mass is 431 g/mol. The Morgan fingerprint density at radius 1 is 1.19 bits per heavy atom. The molecule has 1 aromatic heterocycles. The van der Waals surface area contributed by atoms with Gasteiger partial charge in [-0.05, 0) is 49.7 Å². The zero-order valence-corrected chi connectivity index (χ0v) is 16.9. The highest BCUT2D eigenvalue weighted by Gasteiger charge is 2.14. The van der Waals surface area contributed by atoms with E-state index in [0.29, 0.717) is 17.3 Å². The van der Waals surface area contributed by atoms with Gasteiger partial charge in [0.05, 0.1) is 5.75 Å². The Bertz CT molecular complexity index is 909.